The van der Waals surface area contributed by atoms with Gasteiger partial charge in [-0.05, 0) is 52.7 Å². The summed E-state index contributed by atoms with van der Waals surface area (Å²) < 4.78 is 33.6. The van der Waals surface area contributed by atoms with Crippen molar-refractivity contribution in [3.63, 3.8) is 0 Å². The Hall–Kier alpha value is -2.02. The zero-order chi connectivity index (χ0) is 15.9. The van der Waals surface area contributed by atoms with E-state index in [4.69, 9.17) is 4.74 Å². The Morgan fingerprint density at radius 1 is 1.32 bits per heavy atom. The molecule has 0 saturated carbocycles. The second-order valence-corrected chi connectivity index (χ2v) is 6.05. The van der Waals surface area contributed by atoms with E-state index in [1.54, 1.807) is 18.5 Å². The Morgan fingerprint density at radius 2 is 2.09 bits per heavy atom. The normalized spacial score (nSPS) is 24.0. The molecule has 1 aliphatic rings. The van der Waals surface area contributed by atoms with E-state index < -0.39 is 29.4 Å². The molecule has 3 rings (SSSR count). The van der Waals surface area contributed by atoms with Gasteiger partial charge in [0.15, 0.2) is 5.60 Å². The van der Waals surface area contributed by atoms with Crippen molar-refractivity contribution in [2.24, 2.45) is 0 Å². The summed E-state index contributed by atoms with van der Waals surface area (Å²) in [4.78, 5) is 15.7. The van der Waals surface area contributed by atoms with Gasteiger partial charge in [0, 0.05) is 22.4 Å². The number of hydrogen-bond acceptors (Lipinski definition) is 3. The standard InChI is InChI=1S/C15H11BrF2N2O2/c1-15(11-5-10(17)2-3-12(11)18)13(20-14(21)22-15)8-4-9(16)7-19-6-8/h2-7,13H,1H3,(H,20,21)/t13-,15+/m1/s1. The number of hydrogen-bond donors (Lipinski definition) is 1. The number of nitrogens with zero attached hydrogens (tertiary/aromatic N) is 1. The van der Waals surface area contributed by atoms with Gasteiger partial charge in [-0.3, -0.25) is 4.98 Å². The van der Waals surface area contributed by atoms with Crippen molar-refractivity contribution in [2.75, 3.05) is 0 Å². The van der Waals surface area contributed by atoms with E-state index in [0.29, 0.717) is 10.0 Å². The summed E-state index contributed by atoms with van der Waals surface area (Å²) in [5.74, 6) is -1.25. The molecule has 1 amide bonds. The number of halogens is 3. The lowest BCUT2D eigenvalue weighted by Crippen LogP contribution is -2.32. The van der Waals surface area contributed by atoms with E-state index in [1.165, 1.54) is 6.92 Å². The van der Waals surface area contributed by atoms with Crippen LogP contribution in [-0.4, -0.2) is 11.1 Å². The zero-order valence-electron chi connectivity index (χ0n) is 11.4. The van der Waals surface area contributed by atoms with Gasteiger partial charge >= 0.3 is 6.09 Å². The highest BCUT2D eigenvalue weighted by Crippen LogP contribution is 2.43. The first-order valence-electron chi connectivity index (χ1n) is 6.45. The molecule has 2 atom stereocenters. The van der Waals surface area contributed by atoms with Crippen LogP contribution in [0.2, 0.25) is 0 Å². The molecule has 0 unspecified atom stereocenters. The first kappa shape index (κ1) is 14.9. The first-order valence-corrected chi connectivity index (χ1v) is 7.25. The molecule has 22 heavy (non-hydrogen) atoms. The summed E-state index contributed by atoms with van der Waals surface area (Å²) in [5, 5.41) is 2.62. The Labute approximate surface area is 133 Å². The SMILES string of the molecule is C[C@@]1(c2cc(F)ccc2F)OC(=O)N[C@@H]1c1cncc(Br)c1. The number of rotatable bonds is 2. The number of cyclic esters (lactones) is 1. The minimum absolute atomic E-state index is 0.0316. The van der Waals surface area contributed by atoms with Gasteiger partial charge in [-0.1, -0.05) is 0 Å². The fourth-order valence-corrected chi connectivity index (χ4v) is 2.99. The number of ether oxygens (including phenoxy) is 1. The Kier molecular flexibility index (Phi) is 3.60. The van der Waals surface area contributed by atoms with Crippen molar-refractivity contribution >= 4 is 22.0 Å². The molecule has 7 heteroatoms. The molecule has 0 spiro atoms. The maximum absolute atomic E-state index is 14.2. The summed E-state index contributed by atoms with van der Waals surface area (Å²) in [5.41, 5.74) is -0.798. The molecule has 1 N–H and O–H groups in total. The summed E-state index contributed by atoms with van der Waals surface area (Å²) in [7, 11) is 0. The quantitative estimate of drug-likeness (QED) is 0.876. The minimum Gasteiger partial charge on any atom is -0.436 e. The third-order valence-electron chi connectivity index (χ3n) is 3.64. The molecule has 1 aromatic heterocycles. The molecule has 1 fully saturated rings. The fraction of sp³-hybridized carbons (Fsp3) is 0.200. The lowest BCUT2D eigenvalue weighted by molar-refractivity contribution is 0.0460. The molecular weight excluding hydrogens is 358 g/mol. The highest BCUT2D eigenvalue weighted by molar-refractivity contribution is 9.10. The highest BCUT2D eigenvalue weighted by Gasteiger charge is 2.49. The van der Waals surface area contributed by atoms with E-state index in [1.807, 2.05) is 0 Å². The topological polar surface area (TPSA) is 51.2 Å². The number of carbonyl (C=O) groups is 1. The van der Waals surface area contributed by atoms with Crippen LogP contribution in [0.1, 0.15) is 24.1 Å². The van der Waals surface area contributed by atoms with Crippen LogP contribution in [0.15, 0.2) is 41.1 Å². The zero-order valence-corrected chi connectivity index (χ0v) is 13.0. The predicted molar refractivity (Wildman–Crippen MR) is 78.0 cm³/mol. The number of pyridine rings is 1. The van der Waals surface area contributed by atoms with Gasteiger partial charge in [0.25, 0.3) is 0 Å². The van der Waals surface area contributed by atoms with Crippen LogP contribution < -0.4 is 5.32 Å². The average Bonchev–Trinajstić information content (AvgIpc) is 2.77. The van der Waals surface area contributed by atoms with Crippen LogP contribution in [0.5, 0.6) is 0 Å². The molecular formula is C15H11BrF2N2O2. The Bertz CT molecular complexity index is 756. The van der Waals surface area contributed by atoms with Crippen molar-refractivity contribution in [3.05, 3.63) is 63.9 Å². The van der Waals surface area contributed by atoms with E-state index in [0.717, 1.165) is 18.2 Å². The third kappa shape index (κ3) is 2.45. The van der Waals surface area contributed by atoms with Crippen molar-refractivity contribution in [1.29, 1.82) is 0 Å². The highest BCUT2D eigenvalue weighted by atomic mass is 79.9. The van der Waals surface area contributed by atoms with E-state index in [9.17, 15) is 13.6 Å². The number of alkyl carbamates (subject to hydrolysis) is 1. The largest absolute Gasteiger partial charge is 0.436 e. The van der Waals surface area contributed by atoms with Crippen LogP contribution in [-0.2, 0) is 10.3 Å². The number of benzene rings is 1. The second-order valence-electron chi connectivity index (χ2n) is 5.13. The van der Waals surface area contributed by atoms with Gasteiger partial charge < -0.3 is 10.1 Å². The molecule has 4 nitrogen and oxygen atoms in total. The van der Waals surface area contributed by atoms with Gasteiger partial charge in [0.1, 0.15) is 17.7 Å². The summed E-state index contributed by atoms with van der Waals surface area (Å²) in [6, 6.07) is 4.11. The second kappa shape index (κ2) is 5.31. The Morgan fingerprint density at radius 3 is 2.82 bits per heavy atom. The summed E-state index contributed by atoms with van der Waals surface area (Å²) in [6.07, 6.45) is 2.43. The summed E-state index contributed by atoms with van der Waals surface area (Å²) in [6.45, 7) is 1.54. The summed E-state index contributed by atoms with van der Waals surface area (Å²) >= 11 is 3.29. The van der Waals surface area contributed by atoms with E-state index in [-0.39, 0.29) is 5.56 Å². The van der Waals surface area contributed by atoms with Gasteiger partial charge in [0.2, 0.25) is 0 Å². The molecule has 2 heterocycles. The fourth-order valence-electron chi connectivity index (χ4n) is 2.61. The van der Waals surface area contributed by atoms with Gasteiger partial charge in [-0.2, -0.15) is 0 Å². The maximum atomic E-state index is 14.2. The molecule has 1 aromatic carbocycles. The van der Waals surface area contributed by atoms with Crippen LogP contribution in [0.4, 0.5) is 13.6 Å². The third-order valence-corrected chi connectivity index (χ3v) is 4.07. The van der Waals surface area contributed by atoms with Crippen molar-refractivity contribution in [3.8, 4) is 0 Å². The monoisotopic (exact) mass is 368 g/mol. The van der Waals surface area contributed by atoms with Gasteiger partial charge in [-0.25, -0.2) is 13.6 Å². The minimum atomic E-state index is -1.38. The van der Waals surface area contributed by atoms with Gasteiger partial charge in [0.05, 0.1) is 0 Å². The number of nitrogens with one attached hydrogen (secondary N) is 1. The number of aromatic nitrogens is 1. The first-order chi connectivity index (χ1) is 10.4. The Balaban J connectivity index is 2.13. The molecule has 0 aliphatic carbocycles. The smallest absolute Gasteiger partial charge is 0.408 e. The number of carbonyl (C=O) groups excluding carboxylic acids is 1. The van der Waals surface area contributed by atoms with Crippen LogP contribution in [0, 0.1) is 11.6 Å². The molecule has 0 bridgehead atoms. The molecule has 0 radical (unpaired) electrons. The number of amides is 1. The van der Waals surface area contributed by atoms with Crippen molar-refractivity contribution < 1.29 is 18.3 Å². The lowest BCUT2D eigenvalue weighted by atomic mass is 9.85. The van der Waals surface area contributed by atoms with Gasteiger partial charge in [-0.15, -0.1) is 0 Å². The van der Waals surface area contributed by atoms with Crippen LogP contribution in [0.25, 0.3) is 0 Å². The van der Waals surface area contributed by atoms with E-state index >= 15 is 0 Å². The molecule has 1 aliphatic heterocycles. The van der Waals surface area contributed by atoms with Crippen molar-refractivity contribution in [2.45, 2.75) is 18.6 Å². The van der Waals surface area contributed by atoms with Crippen LogP contribution >= 0.6 is 15.9 Å². The van der Waals surface area contributed by atoms with E-state index in [2.05, 4.69) is 26.2 Å². The predicted octanol–water partition coefficient (Wildman–Crippen LogP) is 3.82. The molecule has 1 saturated heterocycles. The lowest BCUT2D eigenvalue weighted by Gasteiger charge is -2.29. The molecule has 2 aromatic rings. The van der Waals surface area contributed by atoms with Crippen LogP contribution in [0.3, 0.4) is 0 Å². The maximum Gasteiger partial charge on any atom is 0.408 e. The molecule has 114 valence electrons. The van der Waals surface area contributed by atoms with Crippen molar-refractivity contribution in [1.82, 2.24) is 10.3 Å². The average molecular weight is 369 g/mol.